The van der Waals surface area contributed by atoms with Gasteiger partial charge in [0, 0.05) is 17.8 Å². The van der Waals surface area contributed by atoms with Crippen LogP contribution in [0.2, 0.25) is 0 Å². The zero-order valence-corrected chi connectivity index (χ0v) is 11.5. The lowest BCUT2D eigenvalue weighted by molar-refractivity contribution is -0.113. The first kappa shape index (κ1) is 13.1. The van der Waals surface area contributed by atoms with Gasteiger partial charge in [-0.25, -0.2) is 0 Å². The number of hydrogen-bond acceptors (Lipinski definition) is 3. The first-order valence-corrected chi connectivity index (χ1v) is 7.44. The van der Waals surface area contributed by atoms with Crippen LogP contribution in [-0.2, 0) is 6.42 Å². The maximum absolute atomic E-state index is 10.8. The van der Waals surface area contributed by atoms with Gasteiger partial charge in [0.1, 0.15) is 0 Å². The molecule has 19 heavy (non-hydrogen) atoms. The highest BCUT2D eigenvalue weighted by atomic mass is 16.3. The molecule has 3 rings (SSSR count). The number of aliphatic hydroxyl groups is 2. The lowest BCUT2D eigenvalue weighted by Gasteiger charge is -2.40. The van der Waals surface area contributed by atoms with Crippen molar-refractivity contribution in [3.05, 3.63) is 29.6 Å². The molecule has 2 atom stereocenters. The van der Waals surface area contributed by atoms with Crippen LogP contribution in [0.5, 0.6) is 0 Å². The van der Waals surface area contributed by atoms with Gasteiger partial charge >= 0.3 is 0 Å². The summed E-state index contributed by atoms with van der Waals surface area (Å²) in [7, 11) is 0. The quantitative estimate of drug-likeness (QED) is 0.859. The molecule has 3 nitrogen and oxygen atoms in total. The Bertz CT molecular complexity index is 452. The Balaban J connectivity index is 1.80. The Hall–Kier alpha value is -0.930. The van der Waals surface area contributed by atoms with Gasteiger partial charge in [-0.2, -0.15) is 0 Å². The number of nitrogens with zero attached hydrogens (tertiary/aromatic N) is 1. The molecule has 1 saturated carbocycles. The molecule has 3 heteroatoms. The number of rotatable bonds is 2. The molecule has 0 aliphatic heterocycles. The maximum Gasteiger partial charge on any atom is 0.0912 e. The minimum Gasteiger partial charge on any atom is -0.389 e. The molecule has 0 aromatic carbocycles. The van der Waals surface area contributed by atoms with Gasteiger partial charge in [-0.15, -0.1) is 0 Å². The van der Waals surface area contributed by atoms with Crippen LogP contribution >= 0.6 is 0 Å². The van der Waals surface area contributed by atoms with Crippen molar-refractivity contribution in [2.24, 2.45) is 5.92 Å². The largest absolute Gasteiger partial charge is 0.389 e. The lowest BCUT2D eigenvalue weighted by atomic mass is 9.73. The minimum atomic E-state index is -0.906. The Kier molecular flexibility index (Phi) is 3.35. The van der Waals surface area contributed by atoms with Crippen molar-refractivity contribution in [1.82, 2.24) is 4.98 Å². The van der Waals surface area contributed by atoms with Gasteiger partial charge in [0.2, 0.25) is 0 Å². The van der Waals surface area contributed by atoms with Crippen LogP contribution in [0.3, 0.4) is 0 Å². The van der Waals surface area contributed by atoms with E-state index in [1.807, 2.05) is 6.07 Å². The molecule has 1 fully saturated rings. The third-order valence-electron chi connectivity index (χ3n) is 5.07. The van der Waals surface area contributed by atoms with E-state index in [2.05, 4.69) is 18.0 Å². The molecule has 2 aliphatic carbocycles. The fourth-order valence-corrected chi connectivity index (χ4v) is 3.68. The molecule has 0 amide bonds. The molecule has 1 aromatic heterocycles. The van der Waals surface area contributed by atoms with Crippen molar-refractivity contribution >= 4 is 0 Å². The molecule has 1 heterocycles. The molecule has 0 spiro atoms. The van der Waals surface area contributed by atoms with E-state index in [1.54, 1.807) is 6.20 Å². The normalized spacial score (nSPS) is 35.9. The molecule has 104 valence electrons. The second kappa shape index (κ2) is 4.88. The third-order valence-corrected chi connectivity index (χ3v) is 5.07. The average Bonchev–Trinajstić information content (AvgIpc) is 2.85. The zero-order chi connectivity index (χ0) is 13.5. The van der Waals surface area contributed by atoms with Crippen LogP contribution in [-0.4, -0.2) is 26.9 Å². The van der Waals surface area contributed by atoms with Crippen LogP contribution < -0.4 is 0 Å². The highest BCUT2D eigenvalue weighted by Gasteiger charge is 2.44. The van der Waals surface area contributed by atoms with Crippen LogP contribution in [0.1, 0.15) is 56.2 Å². The fourth-order valence-electron chi connectivity index (χ4n) is 3.68. The van der Waals surface area contributed by atoms with Crippen LogP contribution in [0.25, 0.3) is 0 Å². The summed E-state index contributed by atoms with van der Waals surface area (Å²) in [6.07, 6.45) is 6.45. The lowest BCUT2D eigenvalue weighted by Crippen LogP contribution is -2.47. The monoisotopic (exact) mass is 261 g/mol. The Labute approximate surface area is 114 Å². The van der Waals surface area contributed by atoms with Crippen molar-refractivity contribution in [1.29, 1.82) is 0 Å². The van der Waals surface area contributed by atoms with E-state index in [1.165, 1.54) is 5.56 Å². The summed E-state index contributed by atoms with van der Waals surface area (Å²) in [5.41, 5.74) is 1.33. The number of pyridine rings is 1. The van der Waals surface area contributed by atoms with E-state index in [0.29, 0.717) is 18.8 Å². The first-order chi connectivity index (χ1) is 9.10. The molecular formula is C16H23NO2. The van der Waals surface area contributed by atoms with Crippen molar-refractivity contribution in [3.63, 3.8) is 0 Å². The van der Waals surface area contributed by atoms with Gasteiger partial charge in [0.15, 0.2) is 0 Å². The summed E-state index contributed by atoms with van der Waals surface area (Å²) < 4.78 is 0. The Morgan fingerprint density at radius 2 is 2.05 bits per heavy atom. The zero-order valence-electron chi connectivity index (χ0n) is 11.5. The SMILES string of the molecule is CC1CCC(O)(C(O)C2CCc3cccnc32)CC1. The van der Waals surface area contributed by atoms with Crippen molar-refractivity contribution < 1.29 is 10.2 Å². The molecule has 2 unspecified atom stereocenters. The van der Waals surface area contributed by atoms with Crippen molar-refractivity contribution in [3.8, 4) is 0 Å². The van der Waals surface area contributed by atoms with E-state index < -0.39 is 11.7 Å². The number of fused-ring (bicyclic) bond motifs is 1. The fraction of sp³-hybridized carbons (Fsp3) is 0.688. The van der Waals surface area contributed by atoms with E-state index in [9.17, 15) is 10.2 Å². The number of aliphatic hydroxyl groups excluding tert-OH is 1. The predicted molar refractivity (Wildman–Crippen MR) is 73.9 cm³/mol. The Morgan fingerprint density at radius 1 is 1.32 bits per heavy atom. The van der Waals surface area contributed by atoms with Crippen LogP contribution in [0.4, 0.5) is 0 Å². The summed E-state index contributed by atoms with van der Waals surface area (Å²) in [5, 5.41) is 21.4. The average molecular weight is 261 g/mol. The number of aromatic nitrogens is 1. The summed E-state index contributed by atoms with van der Waals surface area (Å²) in [6.45, 7) is 2.22. The van der Waals surface area contributed by atoms with Gasteiger partial charge in [0.25, 0.3) is 0 Å². The van der Waals surface area contributed by atoms with Crippen LogP contribution in [0.15, 0.2) is 18.3 Å². The predicted octanol–water partition coefficient (Wildman–Crippen LogP) is 2.41. The van der Waals surface area contributed by atoms with Gasteiger partial charge in [-0.1, -0.05) is 13.0 Å². The first-order valence-electron chi connectivity index (χ1n) is 7.44. The smallest absolute Gasteiger partial charge is 0.0912 e. The molecule has 0 bridgehead atoms. The third kappa shape index (κ3) is 2.30. The molecule has 0 radical (unpaired) electrons. The second-order valence-electron chi connectivity index (χ2n) is 6.42. The Morgan fingerprint density at radius 3 is 2.79 bits per heavy atom. The highest BCUT2D eigenvalue weighted by molar-refractivity contribution is 5.30. The standard InChI is InChI=1S/C16H23NO2/c1-11-6-8-16(19,9-7-11)15(18)13-5-4-12-3-2-10-17-14(12)13/h2-3,10-11,13,15,18-19H,4-9H2,1H3. The van der Waals surface area contributed by atoms with E-state index in [4.69, 9.17) is 0 Å². The summed E-state index contributed by atoms with van der Waals surface area (Å²) in [6, 6.07) is 4.03. The summed E-state index contributed by atoms with van der Waals surface area (Å²) >= 11 is 0. The minimum absolute atomic E-state index is 0.00889. The molecule has 0 saturated heterocycles. The topological polar surface area (TPSA) is 53.4 Å². The van der Waals surface area contributed by atoms with Gasteiger partial charge < -0.3 is 10.2 Å². The summed E-state index contributed by atoms with van der Waals surface area (Å²) in [5.74, 6) is 0.677. The molecule has 2 aliphatic rings. The van der Waals surface area contributed by atoms with Crippen molar-refractivity contribution in [2.45, 2.75) is 63.1 Å². The number of hydrogen-bond donors (Lipinski definition) is 2. The summed E-state index contributed by atoms with van der Waals surface area (Å²) in [4.78, 5) is 4.43. The molecule has 1 aromatic rings. The van der Waals surface area contributed by atoms with E-state index in [-0.39, 0.29) is 5.92 Å². The number of aryl methyl sites for hydroxylation is 1. The molecular weight excluding hydrogens is 238 g/mol. The van der Waals surface area contributed by atoms with Gasteiger partial charge in [-0.3, -0.25) is 4.98 Å². The van der Waals surface area contributed by atoms with Gasteiger partial charge in [-0.05, 0) is 56.1 Å². The second-order valence-corrected chi connectivity index (χ2v) is 6.42. The van der Waals surface area contributed by atoms with Gasteiger partial charge in [0.05, 0.1) is 11.7 Å². The highest BCUT2D eigenvalue weighted by Crippen LogP contribution is 2.43. The van der Waals surface area contributed by atoms with Crippen molar-refractivity contribution in [2.75, 3.05) is 0 Å². The van der Waals surface area contributed by atoms with E-state index >= 15 is 0 Å². The molecule has 2 N–H and O–H groups in total. The maximum atomic E-state index is 10.8. The van der Waals surface area contributed by atoms with E-state index in [0.717, 1.165) is 31.4 Å². The van der Waals surface area contributed by atoms with Crippen LogP contribution in [0, 0.1) is 5.92 Å².